The SMILES string of the molecule is CC/C=C\C/C=C\C/C=C\C/C=C\C/C=C\C/C=C\C/C=C\CCCCCCCCCC(=O)OC(COC(=O)CCCCCCCC/C=C\C/C=C\C/C=C\C/C=C\C/C=C\C/C=C\CC)COP(=O)(O)OCC[N+](C)(C)C. The first-order valence-electron chi connectivity index (χ1n) is 30.2. The van der Waals surface area contributed by atoms with Crippen molar-refractivity contribution in [2.75, 3.05) is 47.5 Å². The van der Waals surface area contributed by atoms with Crippen LogP contribution in [0.2, 0.25) is 0 Å². The van der Waals surface area contributed by atoms with E-state index < -0.39 is 32.5 Å². The molecule has 0 saturated carbocycles. The first-order valence-corrected chi connectivity index (χ1v) is 31.7. The highest BCUT2D eigenvalue weighted by atomic mass is 31.2. The van der Waals surface area contributed by atoms with Crippen LogP contribution >= 0.6 is 7.82 Å². The molecule has 440 valence electrons. The van der Waals surface area contributed by atoms with E-state index in [1.165, 1.54) is 19.3 Å². The molecule has 78 heavy (non-hydrogen) atoms. The number of ether oxygens (including phenoxy) is 2. The van der Waals surface area contributed by atoms with E-state index >= 15 is 0 Å². The molecular formula is C68H111NO8P+. The molecule has 10 heteroatoms. The predicted octanol–water partition coefficient (Wildman–Crippen LogP) is 19.3. The number of hydrogen-bond donors (Lipinski definition) is 1. The van der Waals surface area contributed by atoms with Crippen molar-refractivity contribution in [1.82, 2.24) is 0 Å². The van der Waals surface area contributed by atoms with Crippen LogP contribution in [0.4, 0.5) is 0 Å². The molecule has 9 nitrogen and oxygen atoms in total. The van der Waals surface area contributed by atoms with Gasteiger partial charge in [-0.05, 0) is 122 Å². The zero-order chi connectivity index (χ0) is 57.0. The Bertz CT molecular complexity index is 1870. The minimum Gasteiger partial charge on any atom is -0.462 e. The van der Waals surface area contributed by atoms with Gasteiger partial charge in [0.15, 0.2) is 6.10 Å². The van der Waals surface area contributed by atoms with Crippen LogP contribution in [0.25, 0.3) is 0 Å². The third-order valence-electron chi connectivity index (χ3n) is 12.1. The van der Waals surface area contributed by atoms with Gasteiger partial charge in [0, 0.05) is 12.8 Å². The van der Waals surface area contributed by atoms with E-state index in [0.29, 0.717) is 23.9 Å². The van der Waals surface area contributed by atoms with Crippen molar-refractivity contribution in [2.45, 2.75) is 213 Å². The van der Waals surface area contributed by atoms with Crippen LogP contribution in [0.3, 0.4) is 0 Å². The van der Waals surface area contributed by atoms with E-state index in [9.17, 15) is 19.0 Å². The van der Waals surface area contributed by atoms with E-state index in [1.807, 2.05) is 21.1 Å². The highest BCUT2D eigenvalue weighted by Crippen LogP contribution is 2.43. The first-order chi connectivity index (χ1) is 38.0. The largest absolute Gasteiger partial charge is 0.472 e. The van der Waals surface area contributed by atoms with Crippen molar-refractivity contribution >= 4 is 19.8 Å². The molecule has 0 fully saturated rings. The van der Waals surface area contributed by atoms with Crippen LogP contribution in [0, 0.1) is 0 Å². The van der Waals surface area contributed by atoms with Gasteiger partial charge in [0.1, 0.15) is 19.8 Å². The molecule has 0 aliphatic heterocycles. The van der Waals surface area contributed by atoms with Crippen molar-refractivity contribution in [1.29, 1.82) is 0 Å². The fraction of sp³-hybridized carbons (Fsp3) is 0.588. The van der Waals surface area contributed by atoms with E-state index in [2.05, 4.69) is 172 Å². The first kappa shape index (κ1) is 73.6. The number of allylic oxidation sites excluding steroid dienone is 26. The summed E-state index contributed by atoms with van der Waals surface area (Å²) in [6, 6.07) is 0. The number of carbonyl (C=O) groups excluding carboxylic acids is 2. The summed E-state index contributed by atoms with van der Waals surface area (Å²) >= 11 is 0. The van der Waals surface area contributed by atoms with E-state index in [1.54, 1.807) is 0 Å². The topological polar surface area (TPSA) is 108 Å². The lowest BCUT2D eigenvalue weighted by Gasteiger charge is -2.24. The Balaban J connectivity index is 4.27. The molecule has 0 aliphatic carbocycles. The van der Waals surface area contributed by atoms with Crippen LogP contribution in [-0.2, 0) is 32.7 Å². The molecule has 0 aromatic carbocycles. The standard InChI is InChI=1S/C68H110NO8P/c1-6-8-10-12-14-16-18-20-22-24-26-28-30-32-33-34-35-37-39-41-43-45-47-49-51-53-55-57-59-61-68(71)77-66(65-76-78(72,73)75-63-62-69(3,4)5)64-74-67(70)60-58-56-54-52-50-48-46-44-42-40-38-36-31-29-27-25-23-21-19-17-15-13-11-9-7-2/h8-11,14-17,20-23,26-29,32-33,35-38,41-44,66H,6-7,12-13,18-19,24-25,30-31,34,39-40,45-65H2,1-5H3/p+1/b10-8-,11-9-,16-14-,17-15-,22-20-,23-21-,28-26-,29-27-,33-32-,37-35-,38-36-,43-41-,44-42-. The number of hydrogen-bond acceptors (Lipinski definition) is 7. The van der Waals surface area contributed by atoms with Gasteiger partial charge >= 0.3 is 19.8 Å². The molecule has 0 saturated heterocycles. The maximum Gasteiger partial charge on any atom is 0.472 e. The molecule has 0 aromatic rings. The smallest absolute Gasteiger partial charge is 0.462 e. The monoisotopic (exact) mass is 1100 g/mol. The summed E-state index contributed by atoms with van der Waals surface area (Å²) in [4.78, 5) is 35.8. The summed E-state index contributed by atoms with van der Waals surface area (Å²) in [7, 11) is 1.43. The Morgan fingerprint density at radius 3 is 1.03 bits per heavy atom. The van der Waals surface area contributed by atoms with Gasteiger partial charge in [0.05, 0.1) is 27.7 Å². The summed E-state index contributed by atoms with van der Waals surface area (Å²) in [5, 5.41) is 0. The summed E-state index contributed by atoms with van der Waals surface area (Å²) in [5.41, 5.74) is 0. The van der Waals surface area contributed by atoms with Crippen LogP contribution in [0.1, 0.15) is 206 Å². The third kappa shape index (κ3) is 60.9. The predicted molar refractivity (Wildman–Crippen MR) is 334 cm³/mol. The van der Waals surface area contributed by atoms with Gasteiger partial charge in [-0.15, -0.1) is 0 Å². The number of quaternary nitrogens is 1. The lowest BCUT2D eigenvalue weighted by Crippen LogP contribution is -2.37. The molecule has 0 amide bonds. The van der Waals surface area contributed by atoms with Gasteiger partial charge in [-0.2, -0.15) is 0 Å². The summed E-state index contributed by atoms with van der Waals surface area (Å²) < 4.78 is 34.6. The summed E-state index contributed by atoms with van der Waals surface area (Å²) in [6.07, 6.45) is 85.9. The fourth-order valence-electron chi connectivity index (χ4n) is 7.47. The number of nitrogens with zero attached hydrogens (tertiary/aromatic N) is 1. The van der Waals surface area contributed by atoms with E-state index in [4.69, 9.17) is 18.5 Å². The molecule has 0 radical (unpaired) electrons. The van der Waals surface area contributed by atoms with Crippen molar-refractivity contribution in [2.24, 2.45) is 0 Å². The van der Waals surface area contributed by atoms with Crippen molar-refractivity contribution in [3.05, 3.63) is 158 Å². The number of esters is 2. The van der Waals surface area contributed by atoms with Gasteiger partial charge in [-0.25, -0.2) is 4.57 Å². The minimum atomic E-state index is -4.41. The molecule has 2 atom stereocenters. The van der Waals surface area contributed by atoms with Crippen LogP contribution < -0.4 is 0 Å². The van der Waals surface area contributed by atoms with Gasteiger partial charge in [-0.1, -0.05) is 230 Å². The minimum absolute atomic E-state index is 0.0168. The molecule has 1 N–H and O–H groups in total. The Morgan fingerprint density at radius 1 is 0.397 bits per heavy atom. The zero-order valence-corrected chi connectivity index (χ0v) is 50.7. The van der Waals surface area contributed by atoms with Gasteiger partial charge in [-0.3, -0.25) is 18.6 Å². The van der Waals surface area contributed by atoms with Crippen LogP contribution in [0.15, 0.2) is 158 Å². The zero-order valence-electron chi connectivity index (χ0n) is 49.8. The molecule has 0 heterocycles. The van der Waals surface area contributed by atoms with Crippen molar-refractivity contribution < 1.29 is 42.1 Å². The van der Waals surface area contributed by atoms with E-state index in [-0.39, 0.29) is 26.1 Å². The Morgan fingerprint density at radius 2 is 0.692 bits per heavy atom. The maximum absolute atomic E-state index is 12.8. The lowest BCUT2D eigenvalue weighted by atomic mass is 10.1. The molecule has 0 aliphatic rings. The van der Waals surface area contributed by atoms with Gasteiger partial charge < -0.3 is 18.9 Å². The lowest BCUT2D eigenvalue weighted by molar-refractivity contribution is -0.870. The number of likely N-dealkylation sites (N-methyl/N-ethyl adjacent to an activating group) is 1. The number of unbranched alkanes of at least 4 members (excludes halogenated alkanes) is 13. The van der Waals surface area contributed by atoms with Gasteiger partial charge in [0.25, 0.3) is 0 Å². The summed E-state index contributed by atoms with van der Waals surface area (Å²) in [6.45, 7) is 4.15. The molecule has 0 spiro atoms. The second-order valence-electron chi connectivity index (χ2n) is 20.6. The summed E-state index contributed by atoms with van der Waals surface area (Å²) in [5.74, 6) is -0.841. The fourth-order valence-corrected chi connectivity index (χ4v) is 8.21. The van der Waals surface area contributed by atoms with Crippen molar-refractivity contribution in [3.8, 4) is 0 Å². The average molecular weight is 1100 g/mol. The Hall–Kier alpha value is -4.37. The van der Waals surface area contributed by atoms with Crippen molar-refractivity contribution in [3.63, 3.8) is 0 Å². The molecule has 0 aromatic heterocycles. The second-order valence-corrected chi connectivity index (χ2v) is 22.1. The normalized spacial score (nSPS) is 14.4. The Labute approximate surface area is 477 Å². The maximum atomic E-state index is 12.8. The molecule has 0 rings (SSSR count). The number of rotatable bonds is 53. The number of phosphoric ester groups is 1. The Kier molecular flexibility index (Phi) is 54.1. The highest BCUT2D eigenvalue weighted by molar-refractivity contribution is 7.47. The number of phosphoric acid groups is 1. The highest BCUT2D eigenvalue weighted by Gasteiger charge is 2.27. The van der Waals surface area contributed by atoms with Gasteiger partial charge in [0.2, 0.25) is 0 Å². The number of carbonyl (C=O) groups is 2. The van der Waals surface area contributed by atoms with E-state index in [0.717, 1.165) is 148 Å². The average Bonchev–Trinajstić information content (AvgIpc) is 3.41. The van der Waals surface area contributed by atoms with Crippen LogP contribution in [0.5, 0.6) is 0 Å². The molecule has 0 bridgehead atoms. The molecule has 2 unspecified atom stereocenters. The second kappa shape index (κ2) is 57.3. The third-order valence-corrected chi connectivity index (χ3v) is 13.0. The quantitative estimate of drug-likeness (QED) is 0.0211. The molecular weight excluding hydrogens is 990 g/mol. The van der Waals surface area contributed by atoms with Crippen LogP contribution in [-0.4, -0.2) is 74.9 Å².